The zero-order valence-electron chi connectivity index (χ0n) is 11.6. The van der Waals surface area contributed by atoms with Crippen LogP contribution in [0.2, 0.25) is 0 Å². The van der Waals surface area contributed by atoms with Crippen molar-refractivity contribution in [3.63, 3.8) is 0 Å². The van der Waals surface area contributed by atoms with Crippen LogP contribution in [-0.2, 0) is 6.54 Å². The van der Waals surface area contributed by atoms with Gasteiger partial charge in [-0.2, -0.15) is 0 Å². The van der Waals surface area contributed by atoms with Crippen molar-refractivity contribution in [2.75, 3.05) is 13.1 Å². The summed E-state index contributed by atoms with van der Waals surface area (Å²) < 4.78 is 2.15. The molecule has 0 bridgehead atoms. The summed E-state index contributed by atoms with van der Waals surface area (Å²) in [5, 5.41) is 0. The minimum atomic E-state index is 0. The highest BCUT2D eigenvalue weighted by Gasteiger charge is 2.27. The highest BCUT2D eigenvalue weighted by atomic mass is 35.5. The van der Waals surface area contributed by atoms with Crippen LogP contribution in [-0.4, -0.2) is 33.6 Å². The monoisotopic (exact) mass is 292 g/mol. The van der Waals surface area contributed by atoms with Gasteiger partial charge in [-0.1, -0.05) is 25.1 Å². The van der Waals surface area contributed by atoms with E-state index in [-0.39, 0.29) is 12.4 Å². The predicted octanol–water partition coefficient (Wildman–Crippen LogP) is 2.07. The van der Waals surface area contributed by atoms with Crippen LogP contribution in [0.3, 0.4) is 0 Å². The van der Waals surface area contributed by atoms with Gasteiger partial charge < -0.3 is 10.3 Å². The minimum absolute atomic E-state index is 0. The van der Waals surface area contributed by atoms with Crippen molar-refractivity contribution in [3.05, 3.63) is 48.5 Å². The molecule has 108 valence electrons. The van der Waals surface area contributed by atoms with E-state index in [1.54, 1.807) is 0 Å². The fraction of sp³-hybridized carbons (Fsp3) is 0.400. The second-order valence-corrected chi connectivity index (χ2v) is 5.38. The molecule has 2 N–H and O–H groups in total. The summed E-state index contributed by atoms with van der Waals surface area (Å²) in [7, 11) is 0. The number of nitrogens with zero attached hydrogens (tertiary/aromatic N) is 3. The van der Waals surface area contributed by atoms with Crippen LogP contribution in [0.4, 0.5) is 0 Å². The van der Waals surface area contributed by atoms with Crippen LogP contribution in [0, 0.1) is 5.92 Å². The first-order valence-corrected chi connectivity index (χ1v) is 6.79. The van der Waals surface area contributed by atoms with Crippen LogP contribution in [0.1, 0.15) is 12.7 Å². The van der Waals surface area contributed by atoms with E-state index in [1.807, 2.05) is 30.6 Å². The van der Waals surface area contributed by atoms with Crippen LogP contribution < -0.4 is 5.73 Å². The Hall–Kier alpha value is -1.36. The molecule has 1 saturated heterocycles. The summed E-state index contributed by atoms with van der Waals surface area (Å²) in [6.07, 6.45) is 3.88. The standard InChI is InChI=1S/C15H20N4.ClH/c1-12-9-18(10-14(12)16)11-15-17-7-8-19(15)13-5-3-2-4-6-13;/h2-8,12,14H,9-11,16H2,1H3;1H. The maximum atomic E-state index is 6.08. The molecule has 0 saturated carbocycles. The lowest BCUT2D eigenvalue weighted by molar-refractivity contribution is 0.309. The molecular weight excluding hydrogens is 272 g/mol. The van der Waals surface area contributed by atoms with Crippen LogP contribution in [0.5, 0.6) is 0 Å². The normalized spacial score (nSPS) is 22.7. The predicted molar refractivity (Wildman–Crippen MR) is 83.2 cm³/mol. The molecule has 2 unspecified atom stereocenters. The van der Waals surface area contributed by atoms with Gasteiger partial charge in [0.25, 0.3) is 0 Å². The minimum Gasteiger partial charge on any atom is -0.326 e. The number of aromatic nitrogens is 2. The van der Waals surface area contributed by atoms with E-state index in [4.69, 9.17) is 5.73 Å². The van der Waals surface area contributed by atoms with Crippen molar-refractivity contribution in [2.45, 2.75) is 19.5 Å². The van der Waals surface area contributed by atoms with Gasteiger partial charge in [0.15, 0.2) is 0 Å². The Bertz CT molecular complexity index is 530. The number of hydrogen-bond donors (Lipinski definition) is 1. The zero-order valence-corrected chi connectivity index (χ0v) is 12.5. The molecule has 1 aliphatic rings. The summed E-state index contributed by atoms with van der Waals surface area (Å²) in [5.41, 5.74) is 7.24. The van der Waals surface area contributed by atoms with Crippen molar-refractivity contribution in [1.82, 2.24) is 14.5 Å². The third-order valence-electron chi connectivity index (χ3n) is 3.86. The first-order chi connectivity index (χ1) is 9.24. The number of nitrogens with two attached hydrogens (primary N) is 1. The molecule has 1 aliphatic heterocycles. The van der Waals surface area contributed by atoms with Gasteiger partial charge in [0.1, 0.15) is 5.82 Å². The molecule has 1 aromatic heterocycles. The molecule has 3 rings (SSSR count). The Morgan fingerprint density at radius 1 is 1.25 bits per heavy atom. The molecule has 0 amide bonds. The topological polar surface area (TPSA) is 47.1 Å². The van der Waals surface area contributed by atoms with Gasteiger partial charge in [-0.25, -0.2) is 4.98 Å². The van der Waals surface area contributed by atoms with Gasteiger partial charge in [-0.15, -0.1) is 12.4 Å². The molecule has 1 aromatic carbocycles. The number of rotatable bonds is 3. The lowest BCUT2D eigenvalue weighted by Crippen LogP contribution is -2.28. The molecule has 4 nitrogen and oxygen atoms in total. The number of halogens is 1. The maximum Gasteiger partial charge on any atom is 0.127 e. The quantitative estimate of drug-likeness (QED) is 0.942. The third kappa shape index (κ3) is 3.03. The lowest BCUT2D eigenvalue weighted by Gasteiger charge is -2.16. The number of likely N-dealkylation sites (tertiary alicyclic amines) is 1. The molecule has 2 heterocycles. The van der Waals surface area contributed by atoms with Crippen LogP contribution in [0.25, 0.3) is 5.69 Å². The van der Waals surface area contributed by atoms with Crippen molar-refractivity contribution in [1.29, 1.82) is 0 Å². The van der Waals surface area contributed by atoms with Crippen molar-refractivity contribution in [2.24, 2.45) is 11.7 Å². The smallest absolute Gasteiger partial charge is 0.127 e. The van der Waals surface area contributed by atoms with Crippen molar-refractivity contribution >= 4 is 12.4 Å². The fourth-order valence-electron chi connectivity index (χ4n) is 2.70. The van der Waals surface area contributed by atoms with E-state index >= 15 is 0 Å². The Morgan fingerprint density at radius 3 is 2.65 bits per heavy atom. The highest BCUT2D eigenvalue weighted by Crippen LogP contribution is 2.18. The van der Waals surface area contributed by atoms with E-state index in [0.29, 0.717) is 12.0 Å². The molecule has 2 aromatic rings. The van der Waals surface area contributed by atoms with E-state index < -0.39 is 0 Å². The Balaban J connectivity index is 0.00000147. The molecule has 1 fully saturated rings. The molecule has 0 spiro atoms. The van der Waals surface area contributed by atoms with Gasteiger partial charge >= 0.3 is 0 Å². The third-order valence-corrected chi connectivity index (χ3v) is 3.86. The molecule has 0 aliphatic carbocycles. The van der Waals surface area contributed by atoms with Gasteiger partial charge in [-0.3, -0.25) is 4.90 Å². The van der Waals surface area contributed by atoms with E-state index in [0.717, 1.165) is 31.1 Å². The van der Waals surface area contributed by atoms with Crippen LogP contribution in [0.15, 0.2) is 42.7 Å². The summed E-state index contributed by atoms with van der Waals surface area (Å²) in [5.74, 6) is 1.65. The molecule has 20 heavy (non-hydrogen) atoms. The van der Waals surface area contributed by atoms with Gasteiger partial charge in [0.2, 0.25) is 0 Å². The van der Waals surface area contributed by atoms with Crippen LogP contribution >= 0.6 is 12.4 Å². The van der Waals surface area contributed by atoms with Gasteiger partial charge in [0.05, 0.1) is 6.54 Å². The zero-order chi connectivity index (χ0) is 13.2. The molecular formula is C15H21ClN4. The second-order valence-electron chi connectivity index (χ2n) is 5.38. The number of hydrogen-bond acceptors (Lipinski definition) is 3. The van der Waals surface area contributed by atoms with Crippen molar-refractivity contribution in [3.8, 4) is 5.69 Å². The van der Waals surface area contributed by atoms with Gasteiger partial charge in [0, 0.05) is 37.2 Å². The largest absolute Gasteiger partial charge is 0.326 e. The maximum absolute atomic E-state index is 6.08. The summed E-state index contributed by atoms with van der Waals surface area (Å²) >= 11 is 0. The average molecular weight is 293 g/mol. The molecule has 2 atom stereocenters. The Morgan fingerprint density at radius 2 is 2.00 bits per heavy atom. The fourth-order valence-corrected chi connectivity index (χ4v) is 2.70. The number of imidazole rings is 1. The SMILES string of the molecule is CC1CN(Cc2nccn2-c2ccccc2)CC1N.Cl. The number of benzene rings is 1. The van der Waals surface area contributed by atoms with Crippen molar-refractivity contribution < 1.29 is 0 Å². The van der Waals surface area contributed by atoms with E-state index in [9.17, 15) is 0 Å². The second kappa shape index (κ2) is 6.39. The first kappa shape index (κ1) is 15.0. The highest BCUT2D eigenvalue weighted by molar-refractivity contribution is 5.85. The first-order valence-electron chi connectivity index (χ1n) is 6.79. The Kier molecular flexibility index (Phi) is 4.81. The average Bonchev–Trinajstić information content (AvgIpc) is 2.99. The van der Waals surface area contributed by atoms with E-state index in [2.05, 4.69) is 33.5 Å². The summed E-state index contributed by atoms with van der Waals surface area (Å²) in [6.45, 7) is 5.10. The van der Waals surface area contributed by atoms with Gasteiger partial charge in [-0.05, 0) is 18.1 Å². The molecule has 0 radical (unpaired) electrons. The number of para-hydroxylation sites is 1. The lowest BCUT2D eigenvalue weighted by atomic mass is 10.1. The summed E-state index contributed by atoms with van der Waals surface area (Å²) in [6, 6.07) is 10.6. The Labute approximate surface area is 126 Å². The summed E-state index contributed by atoms with van der Waals surface area (Å²) in [4.78, 5) is 6.87. The van der Waals surface area contributed by atoms with E-state index in [1.165, 1.54) is 0 Å². The molecule has 5 heteroatoms.